The van der Waals surface area contributed by atoms with Crippen molar-refractivity contribution in [3.63, 3.8) is 0 Å². The Kier molecular flexibility index (Phi) is 7.78. The summed E-state index contributed by atoms with van der Waals surface area (Å²) < 4.78 is 44.0. The number of ether oxygens (including phenoxy) is 3. The first kappa shape index (κ1) is 23.9. The van der Waals surface area contributed by atoms with Gasteiger partial charge in [-0.2, -0.15) is 0 Å². The minimum absolute atomic E-state index is 0.0870. The summed E-state index contributed by atoms with van der Waals surface area (Å²) in [6, 6.07) is 18.0. The van der Waals surface area contributed by atoms with E-state index in [0.717, 1.165) is 0 Å². The van der Waals surface area contributed by atoms with Crippen molar-refractivity contribution in [1.29, 1.82) is 0 Å². The van der Waals surface area contributed by atoms with Gasteiger partial charge in [0.25, 0.3) is 15.9 Å². The van der Waals surface area contributed by atoms with Crippen LogP contribution in [0, 0.1) is 6.92 Å². The van der Waals surface area contributed by atoms with Gasteiger partial charge in [0.05, 0.1) is 18.6 Å². The van der Waals surface area contributed by atoms with Gasteiger partial charge in [0.1, 0.15) is 17.2 Å². The molecule has 0 unspecified atom stereocenters. The number of nitrogens with one attached hydrogen (secondary N) is 2. The molecule has 3 rings (SSSR count). The van der Waals surface area contributed by atoms with Crippen LogP contribution in [0.25, 0.3) is 0 Å². The van der Waals surface area contributed by atoms with Crippen molar-refractivity contribution in [2.24, 2.45) is 0 Å². The molecule has 0 aromatic heterocycles. The van der Waals surface area contributed by atoms with Crippen LogP contribution in [0.3, 0.4) is 0 Å². The molecule has 0 saturated carbocycles. The maximum atomic E-state index is 12.7. The second kappa shape index (κ2) is 10.7. The highest BCUT2D eigenvalue weighted by molar-refractivity contribution is 7.92. The zero-order valence-corrected chi connectivity index (χ0v) is 19.4. The third kappa shape index (κ3) is 6.63. The zero-order valence-electron chi connectivity index (χ0n) is 18.6. The van der Waals surface area contributed by atoms with E-state index in [2.05, 4.69) is 10.0 Å². The Morgan fingerprint density at radius 2 is 1.52 bits per heavy atom. The predicted molar refractivity (Wildman–Crippen MR) is 127 cm³/mol. The third-order valence-corrected chi connectivity index (χ3v) is 5.99. The summed E-state index contributed by atoms with van der Waals surface area (Å²) >= 11 is 0. The van der Waals surface area contributed by atoms with Gasteiger partial charge in [-0.05, 0) is 86.1 Å². The van der Waals surface area contributed by atoms with Crippen LogP contribution in [0.4, 0.5) is 11.4 Å². The molecule has 0 aliphatic heterocycles. The zero-order chi connectivity index (χ0) is 23.8. The number of carbonyl (C=O) groups is 1. The van der Waals surface area contributed by atoms with Gasteiger partial charge in [-0.3, -0.25) is 9.52 Å². The molecule has 3 aromatic carbocycles. The summed E-state index contributed by atoms with van der Waals surface area (Å²) in [5, 5.41) is 2.72. The summed E-state index contributed by atoms with van der Waals surface area (Å²) in [7, 11) is -2.23. The maximum absolute atomic E-state index is 12.7. The summed E-state index contributed by atoms with van der Waals surface area (Å²) in [5.74, 6) is 1.43. The van der Waals surface area contributed by atoms with Crippen molar-refractivity contribution in [1.82, 2.24) is 0 Å². The van der Waals surface area contributed by atoms with E-state index in [1.165, 1.54) is 18.2 Å². The van der Waals surface area contributed by atoms with Crippen molar-refractivity contribution < 1.29 is 27.4 Å². The fourth-order valence-corrected chi connectivity index (χ4v) is 4.11. The lowest BCUT2D eigenvalue weighted by Crippen LogP contribution is -2.20. The van der Waals surface area contributed by atoms with E-state index in [-0.39, 0.29) is 17.4 Å². The fourth-order valence-electron chi connectivity index (χ4n) is 2.97. The molecular weight excluding hydrogens is 444 g/mol. The van der Waals surface area contributed by atoms with E-state index in [1.54, 1.807) is 62.6 Å². The van der Waals surface area contributed by atoms with Gasteiger partial charge in [-0.1, -0.05) is 0 Å². The summed E-state index contributed by atoms with van der Waals surface area (Å²) in [6.07, 6.45) is 0. The van der Waals surface area contributed by atoms with E-state index in [1.807, 2.05) is 6.92 Å². The molecule has 8 nitrogen and oxygen atoms in total. The Morgan fingerprint density at radius 1 is 0.879 bits per heavy atom. The van der Waals surface area contributed by atoms with Crippen LogP contribution in [0.2, 0.25) is 0 Å². The smallest absolute Gasteiger partial charge is 0.262 e. The quantitative estimate of drug-likeness (QED) is 0.460. The fraction of sp³-hybridized carbons (Fsp3) is 0.208. The molecule has 0 spiro atoms. The van der Waals surface area contributed by atoms with Crippen LogP contribution in [0.15, 0.2) is 71.6 Å². The van der Waals surface area contributed by atoms with Gasteiger partial charge >= 0.3 is 0 Å². The van der Waals surface area contributed by atoms with E-state index in [4.69, 9.17) is 14.2 Å². The number of amides is 1. The minimum Gasteiger partial charge on any atom is -0.497 e. The average molecular weight is 471 g/mol. The molecular formula is C24H26N2O6S. The molecule has 0 fully saturated rings. The molecule has 3 aromatic rings. The molecule has 9 heteroatoms. The van der Waals surface area contributed by atoms with Crippen molar-refractivity contribution in [3.8, 4) is 17.2 Å². The number of rotatable bonds is 10. The summed E-state index contributed by atoms with van der Waals surface area (Å²) in [5.41, 5.74) is 1.62. The first-order valence-corrected chi connectivity index (χ1v) is 11.7. The Balaban J connectivity index is 1.60. The highest BCUT2D eigenvalue weighted by Crippen LogP contribution is 2.24. The minimum atomic E-state index is -3.79. The van der Waals surface area contributed by atoms with E-state index < -0.39 is 10.0 Å². The Labute approximate surface area is 193 Å². The second-order valence-corrected chi connectivity index (χ2v) is 8.74. The number of benzene rings is 3. The van der Waals surface area contributed by atoms with E-state index >= 15 is 0 Å². The second-order valence-electron chi connectivity index (χ2n) is 7.06. The molecule has 0 bridgehead atoms. The van der Waals surface area contributed by atoms with Crippen molar-refractivity contribution in [2.45, 2.75) is 18.7 Å². The molecule has 0 heterocycles. The van der Waals surface area contributed by atoms with E-state index in [0.29, 0.717) is 40.8 Å². The number of carbonyl (C=O) groups excluding carboxylic acids is 1. The molecule has 174 valence electrons. The van der Waals surface area contributed by atoms with Gasteiger partial charge in [0.2, 0.25) is 0 Å². The van der Waals surface area contributed by atoms with Gasteiger partial charge < -0.3 is 19.5 Å². The monoisotopic (exact) mass is 470 g/mol. The normalized spacial score (nSPS) is 10.9. The van der Waals surface area contributed by atoms with Crippen molar-refractivity contribution in [3.05, 3.63) is 72.3 Å². The maximum Gasteiger partial charge on any atom is 0.262 e. The van der Waals surface area contributed by atoms with Gasteiger partial charge in [0.15, 0.2) is 6.61 Å². The highest BCUT2D eigenvalue weighted by Gasteiger charge is 2.16. The largest absolute Gasteiger partial charge is 0.497 e. The van der Waals surface area contributed by atoms with Crippen molar-refractivity contribution in [2.75, 3.05) is 30.4 Å². The highest BCUT2D eigenvalue weighted by atomic mass is 32.2. The first-order valence-electron chi connectivity index (χ1n) is 10.2. The van der Waals surface area contributed by atoms with Crippen LogP contribution in [0.1, 0.15) is 12.5 Å². The SMILES string of the molecule is CCOc1ccc(NS(=O)(=O)c2ccc(OCC(=O)Nc3ccc(OC)cc3)c(C)c2)cc1. The third-order valence-electron chi connectivity index (χ3n) is 4.61. The van der Waals surface area contributed by atoms with Crippen LogP contribution in [0.5, 0.6) is 17.2 Å². The average Bonchev–Trinajstić information content (AvgIpc) is 2.80. The lowest BCUT2D eigenvalue weighted by molar-refractivity contribution is -0.118. The topological polar surface area (TPSA) is 103 Å². The van der Waals surface area contributed by atoms with Crippen LogP contribution in [-0.2, 0) is 14.8 Å². The Bertz CT molecular complexity index is 1190. The number of sulfonamides is 1. The molecule has 2 N–H and O–H groups in total. The van der Waals surface area contributed by atoms with Crippen molar-refractivity contribution >= 4 is 27.3 Å². The first-order chi connectivity index (χ1) is 15.8. The van der Waals surface area contributed by atoms with Crippen LogP contribution in [-0.4, -0.2) is 34.6 Å². The van der Waals surface area contributed by atoms with Crippen LogP contribution < -0.4 is 24.2 Å². The number of hydrogen-bond acceptors (Lipinski definition) is 6. The molecule has 33 heavy (non-hydrogen) atoms. The van der Waals surface area contributed by atoms with E-state index in [9.17, 15) is 13.2 Å². The van der Waals surface area contributed by atoms with Gasteiger partial charge in [0, 0.05) is 11.4 Å². The molecule has 1 amide bonds. The molecule has 0 aliphatic rings. The lowest BCUT2D eigenvalue weighted by atomic mass is 10.2. The number of anilines is 2. The van der Waals surface area contributed by atoms with Gasteiger partial charge in [-0.25, -0.2) is 8.42 Å². The summed E-state index contributed by atoms with van der Waals surface area (Å²) in [6.45, 7) is 3.90. The molecule has 0 saturated heterocycles. The van der Waals surface area contributed by atoms with Gasteiger partial charge in [-0.15, -0.1) is 0 Å². The standard InChI is InChI=1S/C24H26N2O6S/c1-4-31-21-11-7-19(8-12-21)26-33(28,29)22-13-14-23(17(2)15-22)32-16-24(27)25-18-5-9-20(30-3)10-6-18/h5-15,26H,4,16H2,1-3H3,(H,25,27). The number of aryl methyl sites for hydroxylation is 1. The molecule has 0 aliphatic carbocycles. The lowest BCUT2D eigenvalue weighted by Gasteiger charge is -2.13. The van der Waals surface area contributed by atoms with Crippen LogP contribution >= 0.6 is 0 Å². The molecule has 0 radical (unpaired) electrons. The number of methoxy groups -OCH3 is 1. The number of hydrogen-bond donors (Lipinski definition) is 2. The predicted octanol–water partition coefficient (Wildman–Crippen LogP) is 4.22. The summed E-state index contributed by atoms with van der Waals surface area (Å²) in [4.78, 5) is 12.3. The Hall–Kier alpha value is -3.72. The molecule has 0 atom stereocenters. The Morgan fingerprint density at radius 3 is 2.12 bits per heavy atom.